The molecule has 3 heteroatoms. The maximum absolute atomic E-state index is 10.6. The molecular formula is C17H22N2O. The van der Waals surface area contributed by atoms with Gasteiger partial charge in [-0.2, -0.15) is 0 Å². The van der Waals surface area contributed by atoms with Crippen LogP contribution in [0.4, 0.5) is 0 Å². The van der Waals surface area contributed by atoms with Crippen molar-refractivity contribution >= 4 is 0 Å². The minimum absolute atomic E-state index is 0.601. The van der Waals surface area contributed by atoms with E-state index in [0.29, 0.717) is 6.54 Å². The number of hydrogen-bond donors (Lipinski definition) is 1. The molecule has 0 fully saturated rings. The minimum atomic E-state index is -0.833. The van der Waals surface area contributed by atoms with Gasteiger partial charge in [-0.1, -0.05) is 36.4 Å². The van der Waals surface area contributed by atoms with Crippen molar-refractivity contribution in [3.63, 3.8) is 0 Å². The lowest BCUT2D eigenvalue weighted by Crippen LogP contribution is -2.37. The molecule has 0 spiro atoms. The van der Waals surface area contributed by atoms with Gasteiger partial charge in [0.25, 0.3) is 0 Å². The first kappa shape index (κ1) is 14.7. The van der Waals surface area contributed by atoms with E-state index in [0.717, 1.165) is 24.2 Å². The van der Waals surface area contributed by atoms with Crippen LogP contribution in [0.2, 0.25) is 0 Å². The van der Waals surface area contributed by atoms with Crippen LogP contribution in [0.3, 0.4) is 0 Å². The number of pyridine rings is 1. The van der Waals surface area contributed by atoms with E-state index in [1.54, 1.807) is 0 Å². The molecule has 106 valence electrons. The third kappa shape index (κ3) is 4.15. The molecule has 0 amide bonds. The second kappa shape index (κ2) is 6.64. The third-order valence-corrected chi connectivity index (χ3v) is 3.45. The smallest absolute Gasteiger partial charge is 0.0994 e. The van der Waals surface area contributed by atoms with Gasteiger partial charge in [-0.05, 0) is 31.7 Å². The quantitative estimate of drug-likeness (QED) is 0.876. The molecule has 0 saturated heterocycles. The fourth-order valence-electron chi connectivity index (χ4n) is 2.34. The van der Waals surface area contributed by atoms with E-state index < -0.39 is 5.60 Å². The van der Waals surface area contributed by atoms with Gasteiger partial charge in [-0.15, -0.1) is 0 Å². The van der Waals surface area contributed by atoms with Gasteiger partial charge in [-0.3, -0.25) is 4.98 Å². The predicted molar refractivity (Wildman–Crippen MR) is 81.5 cm³/mol. The molecule has 0 aliphatic rings. The molecule has 0 aliphatic heterocycles. The molecule has 2 rings (SSSR count). The van der Waals surface area contributed by atoms with Crippen molar-refractivity contribution in [3.05, 3.63) is 66.0 Å². The van der Waals surface area contributed by atoms with Crippen LogP contribution in [0.5, 0.6) is 0 Å². The molecule has 0 aliphatic carbocycles. The van der Waals surface area contributed by atoms with Crippen molar-refractivity contribution in [1.29, 1.82) is 0 Å². The zero-order valence-electron chi connectivity index (χ0n) is 12.2. The van der Waals surface area contributed by atoms with E-state index in [1.807, 2.05) is 68.7 Å². The van der Waals surface area contributed by atoms with Crippen LogP contribution in [-0.4, -0.2) is 35.1 Å². The van der Waals surface area contributed by atoms with E-state index >= 15 is 0 Å². The van der Waals surface area contributed by atoms with Crippen LogP contribution in [-0.2, 0) is 12.0 Å². The highest BCUT2D eigenvalue weighted by Gasteiger charge is 2.24. The normalized spacial score (nSPS) is 14.2. The first-order valence-corrected chi connectivity index (χ1v) is 6.94. The highest BCUT2D eigenvalue weighted by Crippen LogP contribution is 2.21. The summed E-state index contributed by atoms with van der Waals surface area (Å²) >= 11 is 0. The highest BCUT2D eigenvalue weighted by atomic mass is 16.3. The monoisotopic (exact) mass is 270 g/mol. The summed E-state index contributed by atoms with van der Waals surface area (Å²) in [5, 5.41) is 10.6. The number of rotatable bonds is 6. The van der Waals surface area contributed by atoms with Crippen LogP contribution in [0.15, 0.2) is 54.7 Å². The van der Waals surface area contributed by atoms with Crippen LogP contribution in [0.25, 0.3) is 0 Å². The molecule has 1 atom stereocenters. The molecule has 1 heterocycles. The van der Waals surface area contributed by atoms with E-state index in [2.05, 4.69) is 9.88 Å². The van der Waals surface area contributed by atoms with Crippen molar-refractivity contribution in [2.75, 3.05) is 20.1 Å². The number of aliphatic hydroxyl groups is 1. The topological polar surface area (TPSA) is 36.4 Å². The molecule has 20 heavy (non-hydrogen) atoms. The standard InChI is InChI=1S/C17H22N2O/c1-17(20,15-8-4-3-5-9-15)14-19(2)13-11-16-10-6-7-12-18-16/h3-10,12,20H,11,13-14H2,1-2H3. The fourth-order valence-corrected chi connectivity index (χ4v) is 2.34. The van der Waals surface area contributed by atoms with Crippen molar-refractivity contribution < 1.29 is 5.11 Å². The summed E-state index contributed by atoms with van der Waals surface area (Å²) in [4.78, 5) is 6.46. The number of benzene rings is 1. The lowest BCUT2D eigenvalue weighted by molar-refractivity contribution is 0.0237. The van der Waals surface area contributed by atoms with Crippen LogP contribution in [0.1, 0.15) is 18.2 Å². The average molecular weight is 270 g/mol. The van der Waals surface area contributed by atoms with Crippen LogP contribution < -0.4 is 0 Å². The number of nitrogens with zero attached hydrogens (tertiary/aromatic N) is 2. The molecule has 0 saturated carbocycles. The number of hydrogen-bond acceptors (Lipinski definition) is 3. The Morgan fingerprint density at radius 3 is 2.45 bits per heavy atom. The third-order valence-electron chi connectivity index (χ3n) is 3.45. The Kier molecular flexibility index (Phi) is 4.88. The van der Waals surface area contributed by atoms with Crippen molar-refractivity contribution in [3.8, 4) is 0 Å². The van der Waals surface area contributed by atoms with E-state index in [9.17, 15) is 5.11 Å². The van der Waals surface area contributed by atoms with Gasteiger partial charge in [-0.25, -0.2) is 0 Å². The first-order valence-electron chi connectivity index (χ1n) is 6.94. The Hall–Kier alpha value is -1.71. The van der Waals surface area contributed by atoms with E-state index in [4.69, 9.17) is 0 Å². The van der Waals surface area contributed by atoms with Crippen LogP contribution in [0, 0.1) is 0 Å². The molecule has 1 N–H and O–H groups in total. The summed E-state index contributed by atoms with van der Waals surface area (Å²) in [5.41, 5.74) is 1.20. The number of likely N-dealkylation sites (N-methyl/N-ethyl adjacent to an activating group) is 1. The van der Waals surface area contributed by atoms with Gasteiger partial charge in [0.05, 0.1) is 5.60 Å². The molecule has 0 bridgehead atoms. The zero-order valence-corrected chi connectivity index (χ0v) is 12.2. The second-order valence-electron chi connectivity index (χ2n) is 5.45. The van der Waals surface area contributed by atoms with E-state index in [-0.39, 0.29) is 0 Å². The Labute approximate surface area is 120 Å². The largest absolute Gasteiger partial charge is 0.384 e. The molecule has 2 aromatic rings. The van der Waals surface area contributed by atoms with Crippen molar-refractivity contribution in [2.24, 2.45) is 0 Å². The van der Waals surface area contributed by atoms with Gasteiger partial charge in [0.15, 0.2) is 0 Å². The Morgan fingerprint density at radius 2 is 1.80 bits per heavy atom. The van der Waals surface area contributed by atoms with Gasteiger partial charge in [0.2, 0.25) is 0 Å². The first-order chi connectivity index (χ1) is 9.58. The highest BCUT2D eigenvalue weighted by molar-refractivity contribution is 5.21. The molecule has 1 aromatic heterocycles. The SMILES string of the molecule is CN(CCc1ccccn1)CC(C)(O)c1ccccc1. The predicted octanol–water partition coefficient (Wildman–Crippen LogP) is 2.46. The summed E-state index contributed by atoms with van der Waals surface area (Å²) in [6.07, 6.45) is 2.71. The summed E-state index contributed by atoms with van der Waals surface area (Å²) in [7, 11) is 2.03. The fraction of sp³-hybridized carbons (Fsp3) is 0.353. The molecule has 1 aromatic carbocycles. The summed E-state index contributed by atoms with van der Waals surface area (Å²) in [6.45, 7) is 3.34. The lowest BCUT2D eigenvalue weighted by atomic mass is 9.95. The van der Waals surface area contributed by atoms with Crippen molar-refractivity contribution in [2.45, 2.75) is 18.9 Å². The minimum Gasteiger partial charge on any atom is -0.384 e. The van der Waals surface area contributed by atoms with Gasteiger partial charge in [0, 0.05) is 31.4 Å². The molecular weight excluding hydrogens is 248 g/mol. The van der Waals surface area contributed by atoms with Crippen molar-refractivity contribution in [1.82, 2.24) is 9.88 Å². The van der Waals surface area contributed by atoms with Gasteiger partial charge >= 0.3 is 0 Å². The average Bonchev–Trinajstić information content (AvgIpc) is 2.47. The summed E-state index contributed by atoms with van der Waals surface area (Å²) in [5.74, 6) is 0. The molecule has 0 radical (unpaired) electrons. The van der Waals surface area contributed by atoms with E-state index in [1.165, 1.54) is 0 Å². The zero-order chi connectivity index (χ0) is 14.4. The Bertz CT molecular complexity index is 511. The molecule has 3 nitrogen and oxygen atoms in total. The summed E-state index contributed by atoms with van der Waals surface area (Å²) in [6, 6.07) is 15.8. The van der Waals surface area contributed by atoms with Gasteiger partial charge in [0.1, 0.15) is 0 Å². The Morgan fingerprint density at radius 1 is 1.10 bits per heavy atom. The Balaban J connectivity index is 1.89. The maximum Gasteiger partial charge on any atom is 0.0994 e. The van der Waals surface area contributed by atoms with Crippen LogP contribution >= 0.6 is 0 Å². The van der Waals surface area contributed by atoms with Gasteiger partial charge < -0.3 is 10.0 Å². The second-order valence-corrected chi connectivity index (χ2v) is 5.45. The summed E-state index contributed by atoms with van der Waals surface area (Å²) < 4.78 is 0. The molecule has 1 unspecified atom stereocenters. The lowest BCUT2D eigenvalue weighted by Gasteiger charge is -2.29. The maximum atomic E-state index is 10.6. The number of aromatic nitrogens is 1.